The Bertz CT molecular complexity index is 590. The van der Waals surface area contributed by atoms with Crippen LogP contribution in [0.4, 0.5) is 5.69 Å². The fraction of sp³-hybridized carbons (Fsp3) is 0.389. The van der Waals surface area contributed by atoms with Crippen molar-refractivity contribution in [2.45, 2.75) is 32.1 Å². The summed E-state index contributed by atoms with van der Waals surface area (Å²) >= 11 is 0. The second kappa shape index (κ2) is 5.28. The molecule has 2 nitrogen and oxygen atoms in total. The first-order chi connectivity index (χ1) is 9.65. The molecule has 0 heterocycles. The van der Waals surface area contributed by atoms with E-state index in [9.17, 15) is 4.79 Å². The molecule has 1 saturated carbocycles. The lowest BCUT2D eigenvalue weighted by Gasteiger charge is -2.12. The van der Waals surface area contributed by atoms with Gasteiger partial charge in [0, 0.05) is 26.2 Å². The van der Waals surface area contributed by atoms with Gasteiger partial charge in [-0.3, -0.25) is 4.79 Å². The second-order valence-corrected chi connectivity index (χ2v) is 5.89. The Hall–Kier alpha value is -1.83. The Morgan fingerprint density at radius 3 is 2.30 bits per heavy atom. The molecule has 0 unspecified atom stereocenters. The van der Waals surface area contributed by atoms with Gasteiger partial charge >= 0.3 is 0 Å². The van der Waals surface area contributed by atoms with Gasteiger partial charge in [-0.15, -0.1) is 0 Å². The fourth-order valence-electron chi connectivity index (χ4n) is 3.12. The van der Waals surface area contributed by atoms with Gasteiger partial charge in [-0.1, -0.05) is 18.2 Å². The van der Waals surface area contributed by atoms with Gasteiger partial charge < -0.3 is 4.90 Å². The van der Waals surface area contributed by atoms with Crippen molar-refractivity contribution < 1.29 is 4.79 Å². The van der Waals surface area contributed by atoms with Crippen molar-refractivity contribution >= 4 is 17.0 Å². The molecule has 0 bridgehead atoms. The van der Waals surface area contributed by atoms with Gasteiger partial charge in [0.05, 0.1) is 0 Å². The first kappa shape index (κ1) is 13.2. The lowest BCUT2D eigenvalue weighted by molar-refractivity contribution is -0.114. The van der Waals surface area contributed by atoms with Crippen LogP contribution in [0.15, 0.2) is 41.5 Å². The Labute approximate surface area is 120 Å². The zero-order valence-electron chi connectivity index (χ0n) is 12.3. The number of rotatable bonds is 2. The highest BCUT2D eigenvalue weighted by atomic mass is 16.1. The Balaban J connectivity index is 1.87. The van der Waals surface area contributed by atoms with Gasteiger partial charge in [-0.2, -0.15) is 0 Å². The monoisotopic (exact) mass is 267 g/mol. The molecule has 0 aliphatic heterocycles. The molecular formula is C18H21NO. The van der Waals surface area contributed by atoms with E-state index >= 15 is 0 Å². The van der Waals surface area contributed by atoms with Gasteiger partial charge in [-0.25, -0.2) is 0 Å². The molecule has 1 aromatic carbocycles. The summed E-state index contributed by atoms with van der Waals surface area (Å²) in [4.78, 5) is 13.9. The van der Waals surface area contributed by atoms with Crippen molar-refractivity contribution in [2.75, 3.05) is 19.0 Å². The Morgan fingerprint density at radius 2 is 1.70 bits per heavy atom. The number of benzene rings is 1. The minimum absolute atomic E-state index is 0.375. The summed E-state index contributed by atoms with van der Waals surface area (Å²) in [7, 11) is 4.11. The normalized spacial score (nSPS) is 22.3. The topological polar surface area (TPSA) is 20.3 Å². The van der Waals surface area contributed by atoms with Crippen LogP contribution in [0.5, 0.6) is 0 Å². The number of anilines is 1. The third-order valence-corrected chi connectivity index (χ3v) is 4.32. The quantitative estimate of drug-likeness (QED) is 0.755. The summed E-state index contributed by atoms with van der Waals surface area (Å²) in [5, 5.41) is 0. The zero-order valence-corrected chi connectivity index (χ0v) is 12.3. The van der Waals surface area contributed by atoms with Crippen molar-refractivity contribution in [3.63, 3.8) is 0 Å². The Morgan fingerprint density at radius 1 is 0.950 bits per heavy atom. The van der Waals surface area contributed by atoms with Gasteiger partial charge in [0.15, 0.2) is 5.78 Å². The lowest BCUT2D eigenvalue weighted by Crippen LogP contribution is -2.08. The molecule has 2 aliphatic rings. The van der Waals surface area contributed by atoms with E-state index in [-0.39, 0.29) is 0 Å². The third-order valence-electron chi connectivity index (χ3n) is 4.32. The molecule has 1 fully saturated rings. The number of Topliss-reactive ketones (excluding diaryl/α,β-unsaturated/α-hetero) is 1. The number of hydrogen-bond donors (Lipinski definition) is 0. The summed E-state index contributed by atoms with van der Waals surface area (Å²) < 4.78 is 0. The summed E-state index contributed by atoms with van der Waals surface area (Å²) in [5.74, 6) is 0.375. The third kappa shape index (κ3) is 2.43. The van der Waals surface area contributed by atoms with Crippen molar-refractivity contribution in [3.8, 4) is 0 Å². The summed E-state index contributed by atoms with van der Waals surface area (Å²) in [6.45, 7) is 0. The molecule has 20 heavy (non-hydrogen) atoms. The SMILES string of the molecule is CN(C)c1ccc(C2=C/C(=C3\CCCC3=O)CC2)cc1. The van der Waals surface area contributed by atoms with E-state index in [1.165, 1.54) is 22.4 Å². The number of allylic oxidation sites excluding steroid dienone is 4. The lowest BCUT2D eigenvalue weighted by atomic mass is 10.1. The molecule has 0 radical (unpaired) electrons. The number of nitrogens with zero attached hydrogens (tertiary/aromatic N) is 1. The van der Waals surface area contributed by atoms with Gasteiger partial charge in [0.2, 0.25) is 0 Å². The molecule has 0 aromatic heterocycles. The standard InChI is InChI=1S/C18H21NO/c1-19(2)16-10-8-13(9-11-16)14-6-7-15(12-14)17-4-3-5-18(17)20/h8-12H,3-7H2,1-2H3/b17-15+. The summed E-state index contributed by atoms with van der Waals surface area (Å²) in [5.41, 5.74) is 6.27. The second-order valence-electron chi connectivity index (χ2n) is 5.89. The van der Waals surface area contributed by atoms with Crippen LogP contribution < -0.4 is 4.90 Å². The predicted octanol–water partition coefficient (Wildman–Crippen LogP) is 3.98. The van der Waals surface area contributed by atoms with E-state index < -0.39 is 0 Å². The van der Waals surface area contributed by atoms with Crippen LogP contribution in [0.3, 0.4) is 0 Å². The average Bonchev–Trinajstić information content (AvgIpc) is 3.07. The van der Waals surface area contributed by atoms with Gasteiger partial charge in [0.1, 0.15) is 0 Å². The maximum Gasteiger partial charge on any atom is 0.159 e. The zero-order chi connectivity index (χ0) is 14.1. The molecular weight excluding hydrogens is 246 g/mol. The van der Waals surface area contributed by atoms with E-state index in [2.05, 4.69) is 49.3 Å². The molecule has 2 aliphatic carbocycles. The van der Waals surface area contributed by atoms with Gasteiger partial charge in [-0.05, 0) is 60.1 Å². The fourth-order valence-corrected chi connectivity index (χ4v) is 3.12. The van der Waals surface area contributed by atoms with Crippen LogP contribution in [-0.2, 0) is 4.79 Å². The minimum atomic E-state index is 0.375. The van der Waals surface area contributed by atoms with Crippen LogP contribution in [0.2, 0.25) is 0 Å². The van der Waals surface area contributed by atoms with Crippen molar-refractivity contribution in [1.29, 1.82) is 0 Å². The number of hydrogen-bond acceptors (Lipinski definition) is 2. The molecule has 0 N–H and O–H groups in total. The van der Waals surface area contributed by atoms with Crippen molar-refractivity contribution in [3.05, 3.63) is 47.1 Å². The average molecular weight is 267 g/mol. The molecule has 2 heteroatoms. The van der Waals surface area contributed by atoms with Gasteiger partial charge in [0.25, 0.3) is 0 Å². The van der Waals surface area contributed by atoms with E-state index in [1.54, 1.807) is 0 Å². The number of ketones is 1. The van der Waals surface area contributed by atoms with Crippen molar-refractivity contribution in [2.24, 2.45) is 0 Å². The molecule has 104 valence electrons. The van der Waals surface area contributed by atoms with Crippen molar-refractivity contribution in [1.82, 2.24) is 0 Å². The molecule has 3 rings (SSSR count). The molecule has 0 spiro atoms. The van der Waals surface area contributed by atoms with E-state index in [0.29, 0.717) is 5.78 Å². The first-order valence-corrected chi connectivity index (χ1v) is 7.39. The van der Waals surface area contributed by atoms with Crippen LogP contribution in [0.25, 0.3) is 5.57 Å². The molecule has 1 aromatic rings. The summed E-state index contributed by atoms with van der Waals surface area (Å²) in [6.07, 6.45) is 7.12. The van der Waals surface area contributed by atoms with E-state index in [0.717, 1.165) is 37.7 Å². The number of carbonyl (C=O) groups excluding carboxylic acids is 1. The highest BCUT2D eigenvalue weighted by molar-refractivity contribution is 5.99. The maximum atomic E-state index is 11.8. The molecule has 0 atom stereocenters. The minimum Gasteiger partial charge on any atom is -0.378 e. The number of carbonyl (C=O) groups is 1. The van der Waals surface area contributed by atoms with Crippen LogP contribution >= 0.6 is 0 Å². The highest BCUT2D eigenvalue weighted by Gasteiger charge is 2.23. The van der Waals surface area contributed by atoms with E-state index in [1.807, 2.05) is 0 Å². The van der Waals surface area contributed by atoms with Crippen LogP contribution in [-0.4, -0.2) is 19.9 Å². The first-order valence-electron chi connectivity index (χ1n) is 7.39. The predicted molar refractivity (Wildman–Crippen MR) is 83.9 cm³/mol. The Kier molecular flexibility index (Phi) is 3.47. The molecule has 0 saturated heterocycles. The largest absolute Gasteiger partial charge is 0.378 e. The smallest absolute Gasteiger partial charge is 0.159 e. The van der Waals surface area contributed by atoms with Crippen LogP contribution in [0.1, 0.15) is 37.7 Å². The maximum absolute atomic E-state index is 11.8. The van der Waals surface area contributed by atoms with E-state index in [4.69, 9.17) is 0 Å². The summed E-state index contributed by atoms with van der Waals surface area (Å²) in [6, 6.07) is 8.68. The van der Waals surface area contributed by atoms with Crippen LogP contribution in [0, 0.1) is 0 Å². The highest BCUT2D eigenvalue weighted by Crippen LogP contribution is 2.36. The molecule has 0 amide bonds.